The van der Waals surface area contributed by atoms with Gasteiger partial charge in [0.1, 0.15) is 34.8 Å². The van der Waals surface area contributed by atoms with E-state index < -0.39 is 30.0 Å². The number of hydrogen-bond acceptors (Lipinski definition) is 8. The molecule has 0 amide bonds. The highest BCUT2D eigenvalue weighted by Crippen LogP contribution is 2.49. The van der Waals surface area contributed by atoms with Crippen molar-refractivity contribution in [3.05, 3.63) is 137 Å². The van der Waals surface area contributed by atoms with Crippen LogP contribution < -0.4 is 15.9 Å². The van der Waals surface area contributed by atoms with Crippen molar-refractivity contribution in [2.24, 2.45) is 0 Å². The fourth-order valence-corrected chi connectivity index (χ4v) is 10.4. The van der Waals surface area contributed by atoms with Crippen LogP contribution >= 0.6 is 0 Å². The molecule has 14 heteroatoms. The fourth-order valence-electron chi connectivity index (χ4n) is 10.4. The number of hydrogen-bond donors (Lipinski definition) is 0. The monoisotopic (exact) mass is 881 g/mol. The van der Waals surface area contributed by atoms with Gasteiger partial charge in [0.05, 0.1) is 30.9 Å². The number of aryl methyl sites for hydroxylation is 2. The number of rotatable bonds is 9. The Morgan fingerprint density at radius 1 is 0.769 bits per heavy atom. The van der Waals surface area contributed by atoms with E-state index in [9.17, 15) is 19.2 Å². The van der Waals surface area contributed by atoms with Crippen molar-refractivity contribution in [1.82, 2.24) is 9.05 Å². The molecule has 334 valence electrons. The van der Waals surface area contributed by atoms with Crippen LogP contribution in [-0.4, -0.2) is 58.0 Å². The maximum atomic E-state index is 17.2. The van der Waals surface area contributed by atoms with E-state index in [1.165, 1.54) is 18.4 Å². The largest absolute Gasteiger partial charge is 0.737 e. The number of fused-ring (bicyclic) bond motifs is 4. The summed E-state index contributed by atoms with van der Waals surface area (Å²) in [5.41, 5.74) is 4.93. The number of pyridine rings is 1. The third-order valence-electron chi connectivity index (χ3n) is 13.2. The minimum Gasteiger partial charge on any atom is -0.492 e. The molecule has 11 nitrogen and oxygen atoms in total. The Kier molecular flexibility index (Phi) is 10.1. The summed E-state index contributed by atoms with van der Waals surface area (Å²) in [5, 5.41) is 3.90. The first kappa shape index (κ1) is 43.4. The second kappa shape index (κ2) is 15.1. The molecule has 0 bridgehead atoms. The Hall–Kier alpha value is -6.83. The highest BCUT2D eigenvalue weighted by Gasteiger charge is 2.58. The summed E-state index contributed by atoms with van der Waals surface area (Å²) in [6.07, 6.45) is 0. The van der Waals surface area contributed by atoms with Crippen LogP contribution in [-0.2, 0) is 26.2 Å². The first-order valence-electron chi connectivity index (χ1n) is 21.9. The average Bonchev–Trinajstić information content (AvgIpc) is 3.67. The molecule has 65 heavy (non-hydrogen) atoms. The van der Waals surface area contributed by atoms with Crippen LogP contribution in [0.4, 0.5) is 8.63 Å². The molecule has 7 aromatic rings. The lowest BCUT2D eigenvalue weighted by molar-refractivity contribution is -0.363. The normalized spacial score (nSPS) is 15.0. The van der Waals surface area contributed by atoms with E-state index >= 15 is 8.63 Å². The van der Waals surface area contributed by atoms with Crippen molar-refractivity contribution in [2.45, 2.75) is 88.1 Å². The number of nitrogens with zero attached hydrogens (tertiary/aromatic N) is 3. The van der Waals surface area contributed by atoms with E-state index in [-0.39, 0.29) is 65.7 Å². The second-order valence-electron chi connectivity index (χ2n) is 18.1. The summed E-state index contributed by atoms with van der Waals surface area (Å²) in [6, 6.07) is 16.9. The molecule has 4 aromatic carbocycles. The van der Waals surface area contributed by atoms with E-state index in [4.69, 9.17) is 18.6 Å². The maximum absolute atomic E-state index is 17.2. The molecule has 0 fully saturated rings. The van der Waals surface area contributed by atoms with Crippen LogP contribution in [0.2, 0.25) is 0 Å². The van der Waals surface area contributed by atoms with Crippen LogP contribution in [0, 0.1) is 27.7 Å². The molecule has 0 spiro atoms. The zero-order valence-corrected chi connectivity index (χ0v) is 38.5. The van der Waals surface area contributed by atoms with Gasteiger partial charge in [-0.2, -0.15) is 0 Å². The second-order valence-corrected chi connectivity index (χ2v) is 18.1. The van der Waals surface area contributed by atoms with Gasteiger partial charge in [-0.15, -0.1) is 0 Å². The van der Waals surface area contributed by atoms with Crippen molar-refractivity contribution in [2.75, 3.05) is 19.8 Å². The predicted octanol–water partition coefficient (Wildman–Crippen LogP) is 9.80. The van der Waals surface area contributed by atoms with E-state index in [1.807, 2.05) is 26.0 Å². The molecular weight excluding hydrogens is 831 g/mol. The standard InChI is InChI=1S/C51H50BF2N3O8/c1-12-62-49(60)40-27(5)45-44(46-28(6)41(50(61)63-13-2)30(8)57(46)52(53,54)56(45)29(40)7)39-25(3)22-32(23-26(39)4)64-21-20-55-47(58)34-16-15-33-36-24-31(51(9,10)11)14-18-37(36)65-38-19-17-35(48(55)59)42(34)43(33)38/h14-19,22-24H,12-13,20-21H2,1-11H3. The first-order valence-corrected chi connectivity index (χ1v) is 21.9. The van der Waals surface area contributed by atoms with Gasteiger partial charge in [-0.1, -0.05) is 32.9 Å². The van der Waals surface area contributed by atoms with Gasteiger partial charge in [0.25, 0.3) is 11.1 Å². The third-order valence-corrected chi connectivity index (χ3v) is 13.2. The number of carbonyl (C=O) groups is 2. The summed E-state index contributed by atoms with van der Waals surface area (Å²) in [6.45, 7) is 15.1. The van der Waals surface area contributed by atoms with Crippen molar-refractivity contribution < 1.29 is 41.3 Å². The van der Waals surface area contributed by atoms with Crippen molar-refractivity contribution in [3.63, 3.8) is 0 Å². The highest BCUT2D eigenvalue weighted by atomic mass is 19.2. The van der Waals surface area contributed by atoms with Gasteiger partial charge >= 0.3 is 18.9 Å². The Morgan fingerprint density at radius 2 is 1.37 bits per heavy atom. The Labute approximate surface area is 373 Å². The van der Waals surface area contributed by atoms with Crippen LogP contribution in [0.25, 0.3) is 49.1 Å². The van der Waals surface area contributed by atoms with Crippen LogP contribution in [0.5, 0.6) is 5.75 Å². The van der Waals surface area contributed by atoms with Gasteiger partial charge in [0.2, 0.25) is 0 Å². The van der Waals surface area contributed by atoms with Crippen molar-refractivity contribution >= 4 is 73.7 Å². The number of aromatic nitrogens is 2. The molecule has 0 N–H and O–H groups in total. The highest BCUT2D eigenvalue weighted by molar-refractivity contribution is 6.59. The Balaban J connectivity index is 1.11. The average molecular weight is 882 g/mol. The van der Waals surface area contributed by atoms with Crippen LogP contribution in [0.15, 0.2) is 85.4 Å². The lowest BCUT2D eigenvalue weighted by Gasteiger charge is -2.34. The van der Waals surface area contributed by atoms with E-state index in [2.05, 4.69) is 32.9 Å². The molecule has 2 aliphatic heterocycles. The molecule has 5 heterocycles. The maximum Gasteiger partial charge on any atom is 0.737 e. The minimum absolute atomic E-state index is 0.0319. The lowest BCUT2D eigenvalue weighted by Crippen LogP contribution is -2.52. The predicted molar refractivity (Wildman–Crippen MR) is 250 cm³/mol. The zero-order valence-electron chi connectivity index (χ0n) is 38.5. The topological polar surface area (TPSA) is 122 Å². The molecule has 0 saturated heterocycles. The van der Waals surface area contributed by atoms with Gasteiger partial charge in [-0.25, -0.2) is 9.59 Å². The number of allylic oxidation sites excluding steroid dienone is 1. The molecule has 0 saturated carbocycles. The van der Waals surface area contributed by atoms with Gasteiger partial charge < -0.3 is 36.2 Å². The van der Waals surface area contributed by atoms with E-state index in [0.29, 0.717) is 66.5 Å². The van der Waals surface area contributed by atoms with Crippen molar-refractivity contribution in [1.29, 1.82) is 0 Å². The molecule has 9 rings (SSSR count). The van der Waals surface area contributed by atoms with Crippen LogP contribution in [0.3, 0.4) is 0 Å². The zero-order chi connectivity index (χ0) is 46.8. The molecule has 3 aromatic heterocycles. The summed E-state index contributed by atoms with van der Waals surface area (Å²) < 4.78 is 60.8. The lowest BCUT2D eigenvalue weighted by atomic mass is 9.81. The summed E-state index contributed by atoms with van der Waals surface area (Å²) >= 11 is 0. The minimum atomic E-state index is -4.62. The molecular formula is C51H50BF2N3O8. The van der Waals surface area contributed by atoms with E-state index in [1.54, 1.807) is 58.0 Å². The quantitative estimate of drug-likeness (QED) is 0.0608. The third kappa shape index (κ3) is 6.30. The molecule has 0 radical (unpaired) electrons. The summed E-state index contributed by atoms with van der Waals surface area (Å²) in [5.74, 6) is -0.981. The number of carbonyl (C=O) groups excluding carboxylic acids is 2. The molecule has 0 atom stereocenters. The Morgan fingerprint density at radius 3 is 2.00 bits per heavy atom. The molecule has 0 aliphatic carbocycles. The number of benzene rings is 4. The number of esters is 2. The SMILES string of the molecule is CCOC(=O)C1=C(C)C2=C(c3c(C)cc(OCCn4c(=O)c5ccc6oc7ccc(C(C)(C)C)cc7c7ccc(c4=O)c5c67)cc3C)c3c(C)c(C(=O)OCC)c(C)n3[B-](F)(F)[N+]2=C1C. The van der Waals surface area contributed by atoms with Gasteiger partial charge in [0.15, 0.2) is 5.70 Å². The smallest absolute Gasteiger partial charge is 0.492 e. The van der Waals surface area contributed by atoms with Gasteiger partial charge in [0, 0.05) is 45.1 Å². The van der Waals surface area contributed by atoms with Gasteiger partial charge in [-0.05, 0) is 135 Å². The summed E-state index contributed by atoms with van der Waals surface area (Å²) in [7, 11) is 0. The molecule has 2 aliphatic rings. The Bertz CT molecular complexity index is 3430. The van der Waals surface area contributed by atoms with E-state index in [0.717, 1.165) is 30.7 Å². The fraction of sp³-hybridized carbons (Fsp3) is 0.314. The summed E-state index contributed by atoms with van der Waals surface area (Å²) in [4.78, 5) is 55.0. The van der Waals surface area contributed by atoms with Crippen molar-refractivity contribution in [3.8, 4) is 5.75 Å². The number of halogens is 2. The number of ether oxygens (including phenoxy) is 3. The molecule has 0 unspecified atom stereocenters. The first-order chi connectivity index (χ1) is 30.7. The van der Waals surface area contributed by atoms with Crippen LogP contribution in [0.1, 0.15) is 98.0 Å². The van der Waals surface area contributed by atoms with Gasteiger partial charge in [-0.3, -0.25) is 14.2 Å².